The van der Waals surface area contributed by atoms with Crippen molar-refractivity contribution in [2.75, 3.05) is 0 Å². The van der Waals surface area contributed by atoms with Gasteiger partial charge in [-0.2, -0.15) is 26.3 Å². The van der Waals surface area contributed by atoms with Crippen LogP contribution in [0.3, 0.4) is 0 Å². The molecule has 0 rings (SSSR count). The molecule has 0 aromatic rings. The smallest absolute Gasteiger partial charge is 0.331 e. The van der Waals surface area contributed by atoms with Crippen molar-refractivity contribution in [3.05, 3.63) is 0 Å². The third kappa shape index (κ3) is 3.55. The Bertz CT molecular complexity index is 274. The van der Waals surface area contributed by atoms with Crippen molar-refractivity contribution in [2.24, 2.45) is 5.92 Å². The van der Waals surface area contributed by atoms with Gasteiger partial charge in [0.05, 0.1) is 6.10 Å². The number of ether oxygens (including phenoxy) is 1. The van der Waals surface area contributed by atoms with E-state index in [-0.39, 0.29) is 19.3 Å². The molecule has 0 heterocycles. The molecule has 116 valence electrons. The fourth-order valence-corrected chi connectivity index (χ4v) is 1.59. The van der Waals surface area contributed by atoms with E-state index in [1.807, 2.05) is 0 Å². The molecule has 0 bridgehead atoms. The minimum atomic E-state index is -5.79. The number of hydrogen-bond acceptors (Lipinski definition) is 1. The Morgan fingerprint density at radius 2 is 1.26 bits per heavy atom. The summed E-state index contributed by atoms with van der Waals surface area (Å²) in [6, 6.07) is 0. The van der Waals surface area contributed by atoms with Crippen LogP contribution in [-0.4, -0.2) is 24.1 Å². The van der Waals surface area contributed by atoms with E-state index in [9.17, 15) is 26.3 Å². The Labute approximate surface area is 109 Å². The van der Waals surface area contributed by atoms with Gasteiger partial charge in [-0.1, -0.05) is 27.7 Å². The highest BCUT2D eigenvalue weighted by Crippen LogP contribution is 2.51. The lowest BCUT2D eigenvalue weighted by Crippen LogP contribution is -2.61. The van der Waals surface area contributed by atoms with Crippen LogP contribution in [-0.2, 0) is 4.74 Å². The van der Waals surface area contributed by atoms with Crippen molar-refractivity contribution in [1.82, 2.24) is 0 Å². The van der Waals surface area contributed by atoms with Crippen molar-refractivity contribution < 1.29 is 31.1 Å². The SMILES string of the molecule is CCC(CC)OC(F)(C(F)(F)F)C(F)(F)C(C)CC. The summed E-state index contributed by atoms with van der Waals surface area (Å²) in [5.41, 5.74) is 0. The molecule has 0 amide bonds. The summed E-state index contributed by atoms with van der Waals surface area (Å²) in [5, 5.41) is 0. The first kappa shape index (κ1) is 18.5. The second-order valence-electron chi connectivity index (χ2n) is 4.58. The normalized spacial score (nSPS) is 18.5. The van der Waals surface area contributed by atoms with E-state index in [0.717, 1.165) is 6.92 Å². The van der Waals surface area contributed by atoms with Crippen LogP contribution in [0.2, 0.25) is 0 Å². The zero-order valence-electron chi connectivity index (χ0n) is 11.5. The number of hydrogen-bond donors (Lipinski definition) is 0. The van der Waals surface area contributed by atoms with Gasteiger partial charge in [-0.05, 0) is 19.3 Å². The van der Waals surface area contributed by atoms with Crippen LogP contribution >= 0.6 is 0 Å². The van der Waals surface area contributed by atoms with Crippen LogP contribution in [0.4, 0.5) is 26.3 Å². The summed E-state index contributed by atoms with van der Waals surface area (Å²) < 4.78 is 84.0. The molecule has 2 unspecified atom stereocenters. The van der Waals surface area contributed by atoms with E-state index in [1.165, 1.54) is 20.8 Å². The van der Waals surface area contributed by atoms with Gasteiger partial charge in [0.15, 0.2) is 0 Å². The molecule has 0 aliphatic rings. The van der Waals surface area contributed by atoms with E-state index in [2.05, 4.69) is 4.74 Å². The van der Waals surface area contributed by atoms with E-state index in [4.69, 9.17) is 0 Å². The second-order valence-corrected chi connectivity index (χ2v) is 4.58. The molecule has 19 heavy (non-hydrogen) atoms. The Kier molecular flexibility index (Phi) is 6.17. The van der Waals surface area contributed by atoms with Gasteiger partial charge in [0.25, 0.3) is 0 Å². The highest BCUT2D eigenvalue weighted by Gasteiger charge is 2.74. The molecule has 0 radical (unpaired) electrons. The number of alkyl halides is 6. The molecule has 0 aliphatic heterocycles. The molecule has 0 N–H and O–H groups in total. The van der Waals surface area contributed by atoms with E-state index >= 15 is 0 Å². The van der Waals surface area contributed by atoms with Crippen molar-refractivity contribution in [3.8, 4) is 0 Å². The van der Waals surface area contributed by atoms with Crippen molar-refractivity contribution in [1.29, 1.82) is 0 Å². The highest BCUT2D eigenvalue weighted by atomic mass is 19.4. The van der Waals surface area contributed by atoms with Crippen LogP contribution in [0.5, 0.6) is 0 Å². The van der Waals surface area contributed by atoms with E-state index < -0.39 is 30.0 Å². The Hall–Kier alpha value is -0.460. The van der Waals surface area contributed by atoms with Gasteiger partial charge < -0.3 is 4.74 Å². The third-order valence-corrected chi connectivity index (χ3v) is 3.26. The summed E-state index contributed by atoms with van der Waals surface area (Å²) in [6.45, 7) is 5.04. The van der Waals surface area contributed by atoms with Crippen molar-refractivity contribution >= 4 is 0 Å². The molecular weight excluding hydrogens is 274 g/mol. The van der Waals surface area contributed by atoms with Crippen LogP contribution in [0, 0.1) is 5.92 Å². The topological polar surface area (TPSA) is 9.23 Å². The first-order valence-electron chi connectivity index (χ1n) is 6.29. The van der Waals surface area contributed by atoms with Gasteiger partial charge in [-0.25, -0.2) is 0 Å². The molecule has 0 fully saturated rings. The van der Waals surface area contributed by atoms with Crippen LogP contribution in [0.25, 0.3) is 0 Å². The number of halogens is 6. The van der Waals surface area contributed by atoms with Gasteiger partial charge in [0, 0.05) is 5.92 Å². The van der Waals surface area contributed by atoms with Gasteiger partial charge in [0.1, 0.15) is 0 Å². The quantitative estimate of drug-likeness (QED) is 0.593. The summed E-state index contributed by atoms with van der Waals surface area (Å²) in [5.74, 6) is -11.4. The van der Waals surface area contributed by atoms with E-state index in [1.54, 1.807) is 0 Å². The maximum absolute atomic E-state index is 14.0. The lowest BCUT2D eigenvalue weighted by molar-refractivity contribution is -0.418. The van der Waals surface area contributed by atoms with Crippen LogP contribution < -0.4 is 0 Å². The lowest BCUT2D eigenvalue weighted by atomic mass is 9.93. The molecule has 1 nitrogen and oxygen atoms in total. The molecular formula is C12H20F6O. The zero-order valence-corrected chi connectivity index (χ0v) is 11.5. The summed E-state index contributed by atoms with van der Waals surface area (Å²) in [6.07, 6.45) is -7.24. The largest absolute Gasteiger partial charge is 0.454 e. The summed E-state index contributed by atoms with van der Waals surface area (Å²) in [7, 11) is 0. The van der Waals surface area contributed by atoms with Crippen molar-refractivity contribution in [2.45, 2.75) is 71.0 Å². The molecule has 0 spiro atoms. The maximum Gasteiger partial charge on any atom is 0.454 e. The van der Waals surface area contributed by atoms with Crippen LogP contribution in [0.15, 0.2) is 0 Å². The molecule has 0 aromatic carbocycles. The monoisotopic (exact) mass is 294 g/mol. The van der Waals surface area contributed by atoms with E-state index in [0.29, 0.717) is 0 Å². The van der Waals surface area contributed by atoms with Crippen molar-refractivity contribution in [3.63, 3.8) is 0 Å². The Balaban J connectivity index is 5.54. The minimum Gasteiger partial charge on any atom is -0.331 e. The van der Waals surface area contributed by atoms with Gasteiger partial charge >= 0.3 is 18.0 Å². The molecule has 2 atom stereocenters. The molecule has 7 heteroatoms. The van der Waals surface area contributed by atoms with Gasteiger partial charge in [-0.3, -0.25) is 0 Å². The Morgan fingerprint density at radius 3 is 1.53 bits per heavy atom. The third-order valence-electron chi connectivity index (χ3n) is 3.26. The van der Waals surface area contributed by atoms with Gasteiger partial charge in [-0.15, -0.1) is 0 Å². The van der Waals surface area contributed by atoms with Crippen LogP contribution in [0.1, 0.15) is 47.0 Å². The van der Waals surface area contributed by atoms with Gasteiger partial charge in [0.2, 0.25) is 0 Å². The maximum atomic E-state index is 14.0. The Morgan fingerprint density at radius 1 is 0.842 bits per heavy atom. The molecule has 0 saturated heterocycles. The molecule has 0 aromatic heterocycles. The number of rotatable bonds is 7. The second kappa shape index (κ2) is 6.33. The standard InChI is InChI=1S/C12H20F6O/c1-5-8(4)10(13,14)11(15,12(16,17)18)19-9(6-2)7-3/h8-9H,5-7H2,1-4H3. The first-order chi connectivity index (χ1) is 8.47. The lowest BCUT2D eigenvalue weighted by Gasteiger charge is -2.39. The predicted molar refractivity (Wildman–Crippen MR) is 59.8 cm³/mol. The molecule has 0 aliphatic carbocycles. The zero-order chi connectivity index (χ0) is 15.5. The summed E-state index contributed by atoms with van der Waals surface area (Å²) >= 11 is 0. The average Bonchev–Trinajstić information content (AvgIpc) is 2.32. The minimum absolute atomic E-state index is 0.0227. The first-order valence-corrected chi connectivity index (χ1v) is 6.29. The highest BCUT2D eigenvalue weighted by molar-refractivity contribution is 4.95. The summed E-state index contributed by atoms with van der Waals surface area (Å²) in [4.78, 5) is 0. The fraction of sp³-hybridized carbons (Fsp3) is 1.00. The molecule has 0 saturated carbocycles. The average molecular weight is 294 g/mol. The predicted octanol–water partition coefficient (Wildman–Crippen LogP) is 5.10. The fourth-order valence-electron chi connectivity index (χ4n) is 1.59.